The van der Waals surface area contributed by atoms with Crippen molar-refractivity contribution in [1.82, 2.24) is 0 Å². The molecule has 0 heterocycles. The van der Waals surface area contributed by atoms with E-state index in [-0.39, 0.29) is 25.1 Å². The van der Waals surface area contributed by atoms with Gasteiger partial charge in [-0.2, -0.15) is 0 Å². The predicted molar refractivity (Wildman–Crippen MR) is 76.1 cm³/mol. The summed E-state index contributed by atoms with van der Waals surface area (Å²) in [6.07, 6.45) is 0.338. The average molecular weight is 304 g/mol. The molecular weight excluding hydrogens is 283 g/mol. The number of hydrogen-bond acceptors (Lipinski definition) is 6. The number of carbonyl (C=O) groups excluding carboxylic acids is 2. The number of esters is 2. The summed E-state index contributed by atoms with van der Waals surface area (Å²) in [5, 5.41) is 0. The van der Waals surface area contributed by atoms with Gasteiger partial charge in [-0.25, -0.2) is 9.59 Å². The van der Waals surface area contributed by atoms with Gasteiger partial charge in [0, 0.05) is 11.6 Å². The first-order chi connectivity index (χ1) is 9.15. The van der Waals surface area contributed by atoms with Gasteiger partial charge in [0.15, 0.2) is 0 Å². The van der Waals surface area contributed by atoms with E-state index >= 15 is 0 Å². The van der Waals surface area contributed by atoms with Crippen LogP contribution in [0.15, 0.2) is 24.8 Å². The van der Waals surface area contributed by atoms with Crippen LogP contribution in [0.1, 0.15) is 6.92 Å². The van der Waals surface area contributed by atoms with E-state index in [1.807, 2.05) is 0 Å². The van der Waals surface area contributed by atoms with E-state index in [9.17, 15) is 14.2 Å². The highest BCUT2D eigenvalue weighted by Gasteiger charge is 2.18. The molecule has 0 aliphatic heterocycles. The number of ether oxygens (including phenoxy) is 3. The van der Waals surface area contributed by atoms with Crippen molar-refractivity contribution in [1.29, 1.82) is 0 Å². The summed E-state index contributed by atoms with van der Waals surface area (Å²) >= 11 is 0. The molecule has 0 bridgehead atoms. The summed E-state index contributed by atoms with van der Waals surface area (Å²) in [5.74, 6) is -1.18. The molecule has 0 aliphatic carbocycles. The molecule has 0 spiro atoms. The lowest BCUT2D eigenvalue weighted by atomic mass is 10.3. The Bertz CT molecular complexity index is 423. The maximum Gasteiger partial charge on any atom is 0.333 e. The third-order valence-corrected chi connectivity index (χ3v) is 2.72. The van der Waals surface area contributed by atoms with Crippen LogP contribution < -0.4 is 0 Å². The van der Waals surface area contributed by atoms with E-state index in [4.69, 9.17) is 14.2 Å². The van der Waals surface area contributed by atoms with E-state index in [0.717, 1.165) is 6.08 Å². The van der Waals surface area contributed by atoms with Gasteiger partial charge in [-0.05, 0) is 20.3 Å². The van der Waals surface area contributed by atoms with Crippen LogP contribution in [0, 0.1) is 0 Å². The first-order valence-corrected chi connectivity index (χ1v) is 8.71. The lowest BCUT2D eigenvalue weighted by molar-refractivity contribution is -0.148. The van der Waals surface area contributed by atoms with Crippen LogP contribution in [-0.2, 0) is 28.4 Å². The Labute approximate surface area is 119 Å². The minimum Gasteiger partial charge on any atom is -0.460 e. The van der Waals surface area contributed by atoms with Gasteiger partial charge in [0.2, 0.25) is 0 Å². The van der Waals surface area contributed by atoms with Crippen molar-refractivity contribution in [3.05, 3.63) is 24.8 Å². The van der Waals surface area contributed by atoms with Gasteiger partial charge < -0.3 is 18.8 Å². The molecule has 0 N–H and O–H groups in total. The van der Waals surface area contributed by atoms with Gasteiger partial charge in [-0.1, -0.05) is 13.2 Å². The van der Waals surface area contributed by atoms with Crippen molar-refractivity contribution < 1.29 is 28.4 Å². The van der Waals surface area contributed by atoms with Crippen LogP contribution in [0.5, 0.6) is 0 Å². The second-order valence-corrected chi connectivity index (χ2v) is 8.11. The predicted octanol–water partition coefficient (Wildman–Crippen LogP) is 1.80. The van der Waals surface area contributed by atoms with Gasteiger partial charge in [0.05, 0.1) is 6.35 Å². The van der Waals surface area contributed by atoms with E-state index in [0.29, 0.717) is 0 Å². The Kier molecular flexibility index (Phi) is 8.11. The SMILES string of the molecule is C=CC(=O)OCC(COC(=O)C(=C)C)OCP(C)(C)=O. The molecule has 0 aromatic rings. The average Bonchev–Trinajstić information content (AvgIpc) is 2.35. The monoisotopic (exact) mass is 304 g/mol. The normalized spacial score (nSPS) is 12.3. The first-order valence-electron chi connectivity index (χ1n) is 5.93. The van der Waals surface area contributed by atoms with Crippen molar-refractivity contribution in [2.45, 2.75) is 13.0 Å². The third-order valence-electron chi connectivity index (χ3n) is 1.95. The van der Waals surface area contributed by atoms with Crippen molar-refractivity contribution in [3.63, 3.8) is 0 Å². The van der Waals surface area contributed by atoms with Gasteiger partial charge in [-0.3, -0.25) is 0 Å². The zero-order valence-corrected chi connectivity index (χ0v) is 13.0. The minimum atomic E-state index is -2.38. The van der Waals surface area contributed by atoms with Crippen LogP contribution in [0.4, 0.5) is 0 Å². The van der Waals surface area contributed by atoms with Crippen molar-refractivity contribution >= 4 is 19.1 Å². The highest BCUT2D eigenvalue weighted by molar-refractivity contribution is 7.62. The van der Waals surface area contributed by atoms with E-state index in [1.54, 1.807) is 13.3 Å². The molecule has 0 radical (unpaired) electrons. The maximum atomic E-state index is 11.6. The Morgan fingerprint density at radius 3 is 2.25 bits per heavy atom. The van der Waals surface area contributed by atoms with Crippen LogP contribution >= 0.6 is 7.14 Å². The van der Waals surface area contributed by atoms with Crippen LogP contribution in [0.25, 0.3) is 0 Å². The van der Waals surface area contributed by atoms with Gasteiger partial charge >= 0.3 is 11.9 Å². The second kappa shape index (κ2) is 8.72. The third kappa shape index (κ3) is 9.53. The van der Waals surface area contributed by atoms with Crippen LogP contribution in [0.3, 0.4) is 0 Å². The minimum absolute atomic E-state index is 0.00787. The van der Waals surface area contributed by atoms with Crippen LogP contribution in [0.2, 0.25) is 0 Å². The summed E-state index contributed by atoms with van der Waals surface area (Å²) in [6.45, 7) is 11.1. The molecule has 20 heavy (non-hydrogen) atoms. The summed E-state index contributed by atoms with van der Waals surface area (Å²) in [5.41, 5.74) is 0.253. The number of rotatable bonds is 9. The fourth-order valence-corrected chi connectivity index (χ4v) is 1.52. The molecule has 0 amide bonds. The topological polar surface area (TPSA) is 78.9 Å². The van der Waals surface area contributed by atoms with Crippen molar-refractivity contribution in [2.75, 3.05) is 32.9 Å². The van der Waals surface area contributed by atoms with Crippen LogP contribution in [-0.4, -0.2) is 50.9 Å². The first kappa shape index (κ1) is 18.6. The molecule has 1 unspecified atom stereocenters. The molecule has 0 saturated heterocycles. The second-order valence-electron chi connectivity index (χ2n) is 4.70. The quantitative estimate of drug-likeness (QED) is 0.367. The molecular formula is C13H21O6P. The molecule has 0 saturated carbocycles. The van der Waals surface area contributed by atoms with E-state index in [2.05, 4.69) is 13.2 Å². The van der Waals surface area contributed by atoms with Crippen molar-refractivity contribution in [2.24, 2.45) is 0 Å². The fourth-order valence-electron chi connectivity index (χ4n) is 0.955. The Morgan fingerprint density at radius 2 is 1.80 bits per heavy atom. The van der Waals surface area contributed by atoms with Crippen molar-refractivity contribution in [3.8, 4) is 0 Å². The van der Waals surface area contributed by atoms with E-state index < -0.39 is 25.2 Å². The van der Waals surface area contributed by atoms with E-state index in [1.165, 1.54) is 6.92 Å². The van der Waals surface area contributed by atoms with Gasteiger partial charge in [0.1, 0.15) is 26.5 Å². The largest absolute Gasteiger partial charge is 0.460 e. The summed E-state index contributed by atoms with van der Waals surface area (Å²) in [6, 6.07) is 0. The molecule has 114 valence electrons. The molecule has 7 heteroatoms. The molecule has 1 atom stereocenters. The molecule has 0 aliphatic rings. The lowest BCUT2D eigenvalue weighted by Crippen LogP contribution is -2.28. The van der Waals surface area contributed by atoms with Gasteiger partial charge in [0.25, 0.3) is 0 Å². The zero-order chi connectivity index (χ0) is 15.8. The molecule has 0 fully saturated rings. The maximum absolute atomic E-state index is 11.6. The molecule has 0 rings (SSSR count). The summed E-state index contributed by atoms with van der Waals surface area (Å²) in [4.78, 5) is 22.3. The lowest BCUT2D eigenvalue weighted by Gasteiger charge is -2.19. The molecule has 6 nitrogen and oxygen atoms in total. The summed E-state index contributed by atoms with van der Waals surface area (Å²) in [7, 11) is -2.38. The fraction of sp³-hybridized carbons (Fsp3) is 0.538. The Hall–Kier alpha value is -1.39. The molecule has 0 aromatic heterocycles. The Morgan fingerprint density at radius 1 is 1.25 bits per heavy atom. The number of carbonyl (C=O) groups is 2. The van der Waals surface area contributed by atoms with Gasteiger partial charge in [-0.15, -0.1) is 0 Å². The standard InChI is InChI=1S/C13H21O6P/c1-6-12(14)17-7-11(19-9-20(4,5)16)8-18-13(15)10(2)3/h6,11H,1-2,7-9H2,3-5H3. The molecule has 0 aromatic carbocycles. The summed E-state index contributed by atoms with van der Waals surface area (Å²) < 4.78 is 26.7. The smallest absolute Gasteiger partial charge is 0.333 e. The number of hydrogen-bond donors (Lipinski definition) is 0. The zero-order valence-electron chi connectivity index (χ0n) is 12.1. The Balaban J connectivity index is 4.41. The highest BCUT2D eigenvalue weighted by atomic mass is 31.2. The highest BCUT2D eigenvalue weighted by Crippen LogP contribution is 2.35.